The summed E-state index contributed by atoms with van der Waals surface area (Å²) in [6, 6.07) is 17.2. The number of ether oxygens (including phenoxy) is 1. The highest BCUT2D eigenvalue weighted by Crippen LogP contribution is 2.30. The highest BCUT2D eigenvalue weighted by molar-refractivity contribution is 5.93. The van der Waals surface area contributed by atoms with Crippen molar-refractivity contribution in [2.45, 2.75) is 46.0 Å². The minimum absolute atomic E-state index is 0.0328. The summed E-state index contributed by atoms with van der Waals surface area (Å²) in [4.78, 5) is 12.7. The second-order valence-electron chi connectivity index (χ2n) is 6.36. The topological polar surface area (TPSA) is 38.3 Å². The molecule has 0 bridgehead atoms. The average molecular weight is 351 g/mol. The van der Waals surface area contributed by atoms with Crippen LogP contribution in [0.15, 0.2) is 66.7 Å². The van der Waals surface area contributed by atoms with Gasteiger partial charge in [0.1, 0.15) is 5.75 Å². The molecule has 3 nitrogen and oxygen atoms in total. The number of nitrogens with one attached hydrogen (secondary N) is 1. The molecule has 0 fully saturated rings. The third kappa shape index (κ3) is 6.40. The Hall–Kier alpha value is -2.55. The number of carbonyl (C=O) groups excluding carboxylic acids is 1. The zero-order valence-electron chi connectivity index (χ0n) is 15.8. The third-order valence-corrected chi connectivity index (χ3v) is 4.39. The standard InChI is InChI=1S/C23H29NO2/c1-3-5-6-7-9-14-19(4-2)23(25)24-21-17-12-13-18-22(21)26-20-15-10-8-11-16-20/h3,5,8,10-13,15-19H,4,6-7,9,14H2,1-2H3,(H,24,25)/b5-3+. The zero-order chi connectivity index (χ0) is 18.6. The van der Waals surface area contributed by atoms with E-state index in [0.29, 0.717) is 11.4 Å². The van der Waals surface area contributed by atoms with Crippen molar-refractivity contribution < 1.29 is 9.53 Å². The molecule has 2 aromatic carbocycles. The molecule has 2 aromatic rings. The number of hydrogen-bond acceptors (Lipinski definition) is 2. The predicted molar refractivity (Wildman–Crippen MR) is 109 cm³/mol. The summed E-state index contributed by atoms with van der Waals surface area (Å²) in [5.41, 5.74) is 0.716. The molecule has 1 N–H and O–H groups in total. The zero-order valence-corrected chi connectivity index (χ0v) is 15.8. The van der Waals surface area contributed by atoms with Crippen molar-refractivity contribution in [3.8, 4) is 11.5 Å². The summed E-state index contributed by atoms with van der Waals surface area (Å²) >= 11 is 0. The quantitative estimate of drug-likeness (QED) is 0.388. The molecule has 1 amide bonds. The van der Waals surface area contributed by atoms with Crippen molar-refractivity contribution in [1.82, 2.24) is 0 Å². The molecule has 0 aliphatic carbocycles. The average Bonchev–Trinajstić information content (AvgIpc) is 2.67. The summed E-state index contributed by atoms with van der Waals surface area (Å²) in [5, 5.41) is 3.06. The first-order chi connectivity index (χ1) is 12.7. The second-order valence-corrected chi connectivity index (χ2v) is 6.36. The molecule has 0 saturated carbocycles. The molecule has 1 atom stereocenters. The van der Waals surface area contributed by atoms with Crippen molar-refractivity contribution in [1.29, 1.82) is 0 Å². The van der Waals surface area contributed by atoms with Crippen LogP contribution in [0.4, 0.5) is 5.69 Å². The van der Waals surface area contributed by atoms with E-state index >= 15 is 0 Å². The molecule has 26 heavy (non-hydrogen) atoms. The number of anilines is 1. The molecule has 0 aliphatic heterocycles. The number of carbonyl (C=O) groups is 1. The molecule has 0 spiro atoms. The van der Waals surface area contributed by atoms with E-state index in [9.17, 15) is 4.79 Å². The predicted octanol–water partition coefficient (Wildman–Crippen LogP) is 6.58. The molecule has 3 heteroatoms. The van der Waals surface area contributed by atoms with Crippen LogP contribution in [0.3, 0.4) is 0 Å². The maximum atomic E-state index is 12.7. The van der Waals surface area contributed by atoms with Crippen molar-refractivity contribution in [3.05, 3.63) is 66.7 Å². The Morgan fingerprint density at radius 2 is 1.81 bits per heavy atom. The van der Waals surface area contributed by atoms with Gasteiger partial charge in [-0.2, -0.15) is 0 Å². The lowest BCUT2D eigenvalue weighted by Crippen LogP contribution is -2.22. The first-order valence-corrected chi connectivity index (χ1v) is 9.48. The fourth-order valence-corrected chi connectivity index (χ4v) is 2.85. The number of hydrogen-bond donors (Lipinski definition) is 1. The normalized spacial score (nSPS) is 12.1. The van der Waals surface area contributed by atoms with Crippen LogP contribution >= 0.6 is 0 Å². The second kappa shape index (κ2) is 11.1. The number of para-hydroxylation sites is 3. The molecule has 2 rings (SSSR count). The Bertz CT molecular complexity index is 694. The summed E-state index contributed by atoms with van der Waals surface area (Å²) < 4.78 is 5.93. The van der Waals surface area contributed by atoms with Crippen LogP contribution in [0.1, 0.15) is 46.0 Å². The van der Waals surface area contributed by atoms with Crippen LogP contribution in [0, 0.1) is 5.92 Å². The lowest BCUT2D eigenvalue weighted by atomic mass is 9.97. The number of allylic oxidation sites excluding steroid dienone is 2. The molecule has 138 valence electrons. The van der Waals surface area contributed by atoms with Crippen LogP contribution < -0.4 is 10.1 Å². The van der Waals surface area contributed by atoms with Crippen LogP contribution in [-0.2, 0) is 4.79 Å². The minimum atomic E-state index is 0.0328. The Labute approximate surface area is 157 Å². The molecular formula is C23H29NO2. The fourth-order valence-electron chi connectivity index (χ4n) is 2.85. The summed E-state index contributed by atoms with van der Waals surface area (Å²) in [5.74, 6) is 1.52. The van der Waals surface area contributed by atoms with Gasteiger partial charge >= 0.3 is 0 Å². The summed E-state index contributed by atoms with van der Waals surface area (Å²) in [6.07, 6.45) is 9.30. The fraction of sp³-hybridized carbons (Fsp3) is 0.348. The van der Waals surface area contributed by atoms with Gasteiger partial charge in [0, 0.05) is 5.92 Å². The van der Waals surface area contributed by atoms with Gasteiger partial charge in [0.05, 0.1) is 5.69 Å². The van der Waals surface area contributed by atoms with Crippen LogP contribution in [0.5, 0.6) is 11.5 Å². The van der Waals surface area contributed by atoms with E-state index in [4.69, 9.17) is 4.74 Å². The van der Waals surface area contributed by atoms with Crippen LogP contribution in [0.2, 0.25) is 0 Å². The van der Waals surface area contributed by atoms with E-state index in [-0.39, 0.29) is 11.8 Å². The van der Waals surface area contributed by atoms with Crippen molar-refractivity contribution in [2.24, 2.45) is 5.92 Å². The molecule has 0 aromatic heterocycles. The van der Waals surface area contributed by atoms with Gasteiger partial charge in [0.25, 0.3) is 0 Å². The summed E-state index contributed by atoms with van der Waals surface area (Å²) in [6.45, 7) is 4.11. The van der Waals surface area contributed by atoms with Crippen molar-refractivity contribution in [2.75, 3.05) is 5.32 Å². The monoisotopic (exact) mass is 351 g/mol. The van der Waals surface area contributed by atoms with Gasteiger partial charge in [-0.3, -0.25) is 4.79 Å². The molecule has 0 saturated heterocycles. The van der Waals surface area contributed by atoms with E-state index in [1.54, 1.807) is 0 Å². The summed E-state index contributed by atoms with van der Waals surface area (Å²) in [7, 11) is 0. The van der Waals surface area contributed by atoms with E-state index in [2.05, 4.69) is 24.4 Å². The van der Waals surface area contributed by atoms with Crippen LogP contribution in [0.25, 0.3) is 0 Å². The first kappa shape index (κ1) is 19.8. The Morgan fingerprint density at radius 1 is 1.08 bits per heavy atom. The first-order valence-electron chi connectivity index (χ1n) is 9.48. The largest absolute Gasteiger partial charge is 0.455 e. The van der Waals surface area contributed by atoms with E-state index in [1.165, 1.54) is 0 Å². The van der Waals surface area contributed by atoms with Gasteiger partial charge in [-0.05, 0) is 56.9 Å². The maximum Gasteiger partial charge on any atom is 0.227 e. The van der Waals surface area contributed by atoms with E-state index in [1.807, 2.05) is 61.5 Å². The number of amides is 1. The number of benzene rings is 2. The molecular weight excluding hydrogens is 322 g/mol. The van der Waals surface area contributed by atoms with Crippen molar-refractivity contribution >= 4 is 11.6 Å². The van der Waals surface area contributed by atoms with Gasteiger partial charge < -0.3 is 10.1 Å². The smallest absolute Gasteiger partial charge is 0.227 e. The lowest BCUT2D eigenvalue weighted by Gasteiger charge is -2.17. The highest BCUT2D eigenvalue weighted by Gasteiger charge is 2.17. The molecule has 0 heterocycles. The van der Waals surface area contributed by atoms with E-state index < -0.39 is 0 Å². The Morgan fingerprint density at radius 3 is 2.54 bits per heavy atom. The van der Waals surface area contributed by atoms with Gasteiger partial charge in [0.2, 0.25) is 5.91 Å². The Balaban J connectivity index is 1.96. The Kier molecular flexibility index (Phi) is 8.47. The van der Waals surface area contributed by atoms with Gasteiger partial charge in [-0.25, -0.2) is 0 Å². The minimum Gasteiger partial charge on any atom is -0.455 e. The SMILES string of the molecule is C/C=C/CCCCC(CC)C(=O)Nc1ccccc1Oc1ccccc1. The van der Waals surface area contributed by atoms with Gasteiger partial charge in [-0.15, -0.1) is 0 Å². The molecule has 0 radical (unpaired) electrons. The number of unbranched alkanes of at least 4 members (excludes halogenated alkanes) is 2. The highest BCUT2D eigenvalue weighted by atomic mass is 16.5. The maximum absolute atomic E-state index is 12.7. The van der Waals surface area contributed by atoms with Gasteiger partial charge in [-0.1, -0.05) is 55.8 Å². The number of rotatable bonds is 10. The molecule has 0 aliphatic rings. The third-order valence-electron chi connectivity index (χ3n) is 4.39. The van der Waals surface area contributed by atoms with Crippen LogP contribution in [-0.4, -0.2) is 5.91 Å². The molecule has 1 unspecified atom stereocenters. The van der Waals surface area contributed by atoms with Crippen molar-refractivity contribution in [3.63, 3.8) is 0 Å². The lowest BCUT2D eigenvalue weighted by molar-refractivity contribution is -0.120. The van der Waals surface area contributed by atoms with Gasteiger partial charge in [0.15, 0.2) is 5.75 Å². The van der Waals surface area contributed by atoms with E-state index in [0.717, 1.165) is 37.9 Å².